The summed E-state index contributed by atoms with van der Waals surface area (Å²) in [7, 11) is 0. The van der Waals surface area contributed by atoms with Gasteiger partial charge in [-0.15, -0.1) is 11.8 Å². The van der Waals surface area contributed by atoms with E-state index in [0.717, 1.165) is 23.4 Å². The largest absolute Gasteiger partial charge is 0.310 e. The molecule has 1 fully saturated rings. The van der Waals surface area contributed by atoms with E-state index in [4.69, 9.17) is 11.6 Å². The lowest BCUT2D eigenvalue weighted by atomic mass is 10.2. The maximum absolute atomic E-state index is 6.00. The van der Waals surface area contributed by atoms with E-state index in [1.54, 1.807) is 0 Å². The molecule has 1 aliphatic rings. The van der Waals surface area contributed by atoms with Crippen molar-refractivity contribution in [1.82, 2.24) is 5.32 Å². The summed E-state index contributed by atoms with van der Waals surface area (Å²) in [6.07, 6.45) is 2.68. The van der Waals surface area contributed by atoms with Crippen LogP contribution >= 0.6 is 23.4 Å². The first-order chi connectivity index (χ1) is 9.79. The molecule has 2 aromatic carbocycles. The molecule has 2 aromatic rings. The zero-order chi connectivity index (χ0) is 13.8. The zero-order valence-electron chi connectivity index (χ0n) is 11.3. The van der Waals surface area contributed by atoms with E-state index in [9.17, 15) is 0 Å². The SMILES string of the molecule is Clc1cccc(CSc2ccc(CNC3CC3)cc2)c1. The predicted octanol–water partition coefficient (Wildman–Crippen LogP) is 4.88. The Morgan fingerprint density at radius 3 is 2.55 bits per heavy atom. The Hall–Kier alpha value is -0.960. The maximum atomic E-state index is 6.00. The van der Waals surface area contributed by atoms with E-state index in [0.29, 0.717) is 0 Å². The van der Waals surface area contributed by atoms with Crippen LogP contribution in [0.15, 0.2) is 53.4 Å². The fraction of sp³-hybridized carbons (Fsp3) is 0.294. The molecule has 0 radical (unpaired) electrons. The van der Waals surface area contributed by atoms with Crippen molar-refractivity contribution in [3.8, 4) is 0 Å². The second kappa shape index (κ2) is 6.66. The Kier molecular flexibility index (Phi) is 4.66. The molecule has 0 saturated heterocycles. The highest BCUT2D eigenvalue weighted by molar-refractivity contribution is 7.98. The van der Waals surface area contributed by atoms with Crippen molar-refractivity contribution in [2.24, 2.45) is 0 Å². The van der Waals surface area contributed by atoms with Gasteiger partial charge in [0.05, 0.1) is 0 Å². The number of halogens is 1. The number of nitrogens with one attached hydrogen (secondary N) is 1. The van der Waals surface area contributed by atoms with Crippen molar-refractivity contribution in [2.75, 3.05) is 0 Å². The van der Waals surface area contributed by atoms with Gasteiger partial charge < -0.3 is 5.32 Å². The van der Waals surface area contributed by atoms with Gasteiger partial charge in [-0.3, -0.25) is 0 Å². The number of benzene rings is 2. The molecule has 3 heteroatoms. The number of rotatable bonds is 6. The fourth-order valence-corrected chi connectivity index (χ4v) is 3.10. The summed E-state index contributed by atoms with van der Waals surface area (Å²) in [6, 6.07) is 17.7. The van der Waals surface area contributed by atoms with Gasteiger partial charge in [0.25, 0.3) is 0 Å². The Morgan fingerprint density at radius 2 is 1.85 bits per heavy atom. The van der Waals surface area contributed by atoms with Crippen LogP contribution < -0.4 is 5.32 Å². The van der Waals surface area contributed by atoms with Gasteiger partial charge in [-0.25, -0.2) is 0 Å². The lowest BCUT2D eigenvalue weighted by Gasteiger charge is -2.06. The van der Waals surface area contributed by atoms with Crippen molar-refractivity contribution in [1.29, 1.82) is 0 Å². The highest BCUT2D eigenvalue weighted by Crippen LogP contribution is 2.25. The van der Waals surface area contributed by atoms with Crippen LogP contribution in [0.1, 0.15) is 24.0 Å². The molecule has 0 bridgehead atoms. The molecule has 0 aliphatic heterocycles. The normalized spacial score (nSPS) is 14.4. The zero-order valence-corrected chi connectivity index (χ0v) is 12.9. The molecule has 3 rings (SSSR count). The highest BCUT2D eigenvalue weighted by atomic mass is 35.5. The topological polar surface area (TPSA) is 12.0 Å². The van der Waals surface area contributed by atoms with E-state index in [1.165, 1.54) is 28.9 Å². The lowest BCUT2D eigenvalue weighted by Crippen LogP contribution is -2.14. The molecule has 1 N–H and O–H groups in total. The minimum absolute atomic E-state index is 0.770. The number of hydrogen-bond acceptors (Lipinski definition) is 2. The average molecular weight is 304 g/mol. The molecule has 0 spiro atoms. The van der Waals surface area contributed by atoms with Gasteiger partial charge in [0, 0.05) is 28.3 Å². The molecule has 0 heterocycles. The second-order valence-corrected chi connectivity index (χ2v) is 6.70. The molecule has 1 nitrogen and oxygen atoms in total. The first-order valence-corrected chi connectivity index (χ1v) is 8.35. The van der Waals surface area contributed by atoms with E-state index in [2.05, 4.69) is 35.6 Å². The van der Waals surface area contributed by atoms with Crippen molar-refractivity contribution < 1.29 is 0 Å². The molecule has 20 heavy (non-hydrogen) atoms. The minimum atomic E-state index is 0.770. The van der Waals surface area contributed by atoms with Gasteiger partial charge in [0.1, 0.15) is 0 Å². The summed E-state index contributed by atoms with van der Waals surface area (Å²) in [6.45, 7) is 0.990. The molecule has 104 valence electrons. The highest BCUT2D eigenvalue weighted by Gasteiger charge is 2.19. The number of hydrogen-bond donors (Lipinski definition) is 1. The van der Waals surface area contributed by atoms with E-state index in [1.807, 2.05) is 30.0 Å². The third-order valence-corrected chi connectivity index (χ3v) is 4.71. The van der Waals surface area contributed by atoms with Crippen LogP contribution in [0.5, 0.6) is 0 Å². The van der Waals surface area contributed by atoms with Crippen LogP contribution in [0.2, 0.25) is 5.02 Å². The second-order valence-electron chi connectivity index (χ2n) is 5.22. The van der Waals surface area contributed by atoms with E-state index < -0.39 is 0 Å². The summed E-state index contributed by atoms with van der Waals surface area (Å²) >= 11 is 7.85. The van der Waals surface area contributed by atoms with E-state index >= 15 is 0 Å². The van der Waals surface area contributed by atoms with Gasteiger partial charge in [-0.2, -0.15) is 0 Å². The van der Waals surface area contributed by atoms with Crippen LogP contribution in [0.25, 0.3) is 0 Å². The van der Waals surface area contributed by atoms with Crippen molar-refractivity contribution in [2.45, 2.75) is 36.1 Å². The summed E-state index contributed by atoms with van der Waals surface area (Å²) in [4.78, 5) is 1.31. The summed E-state index contributed by atoms with van der Waals surface area (Å²) in [5.74, 6) is 0.959. The molecule has 0 aromatic heterocycles. The quantitative estimate of drug-likeness (QED) is 0.763. The fourth-order valence-electron chi connectivity index (χ4n) is 2.05. The van der Waals surface area contributed by atoms with Crippen LogP contribution in [-0.2, 0) is 12.3 Å². The first kappa shape index (κ1) is 14.0. The molecular formula is C17H18ClNS. The third kappa shape index (κ3) is 4.27. The van der Waals surface area contributed by atoms with Crippen molar-refractivity contribution in [3.05, 3.63) is 64.7 Å². The van der Waals surface area contributed by atoms with Crippen LogP contribution in [0, 0.1) is 0 Å². The standard InChI is InChI=1S/C17H18ClNS/c18-15-3-1-2-14(10-15)12-20-17-8-4-13(5-9-17)11-19-16-6-7-16/h1-5,8-10,16,19H,6-7,11-12H2. The molecule has 0 unspecified atom stereocenters. The van der Waals surface area contributed by atoms with Crippen LogP contribution in [0.3, 0.4) is 0 Å². The summed E-state index contributed by atoms with van der Waals surface area (Å²) < 4.78 is 0. The molecule has 0 amide bonds. The Labute approximate surface area is 129 Å². The lowest BCUT2D eigenvalue weighted by molar-refractivity contribution is 0.687. The molecule has 0 atom stereocenters. The van der Waals surface area contributed by atoms with Gasteiger partial charge in [0.15, 0.2) is 0 Å². The Morgan fingerprint density at radius 1 is 1.05 bits per heavy atom. The first-order valence-electron chi connectivity index (χ1n) is 6.99. The van der Waals surface area contributed by atoms with Crippen LogP contribution in [0.4, 0.5) is 0 Å². The molecular weight excluding hydrogens is 286 g/mol. The van der Waals surface area contributed by atoms with Crippen LogP contribution in [-0.4, -0.2) is 6.04 Å². The number of thioether (sulfide) groups is 1. The average Bonchev–Trinajstić information content (AvgIpc) is 3.28. The monoisotopic (exact) mass is 303 g/mol. The van der Waals surface area contributed by atoms with Gasteiger partial charge in [-0.05, 0) is 48.2 Å². The molecule has 1 aliphatic carbocycles. The van der Waals surface area contributed by atoms with Gasteiger partial charge >= 0.3 is 0 Å². The molecule has 1 saturated carbocycles. The smallest absolute Gasteiger partial charge is 0.0409 e. The van der Waals surface area contributed by atoms with Crippen molar-refractivity contribution >= 4 is 23.4 Å². The van der Waals surface area contributed by atoms with Gasteiger partial charge in [-0.1, -0.05) is 35.9 Å². The Balaban J connectivity index is 1.52. The summed E-state index contributed by atoms with van der Waals surface area (Å²) in [5.41, 5.74) is 2.63. The maximum Gasteiger partial charge on any atom is 0.0409 e. The third-order valence-electron chi connectivity index (χ3n) is 3.39. The van der Waals surface area contributed by atoms with E-state index in [-0.39, 0.29) is 0 Å². The Bertz CT molecular complexity index is 563. The van der Waals surface area contributed by atoms with Gasteiger partial charge in [0.2, 0.25) is 0 Å². The minimum Gasteiger partial charge on any atom is -0.310 e. The summed E-state index contributed by atoms with van der Waals surface area (Å²) in [5, 5.41) is 4.34. The predicted molar refractivity (Wildman–Crippen MR) is 87.3 cm³/mol. The van der Waals surface area contributed by atoms with Crippen molar-refractivity contribution in [3.63, 3.8) is 0 Å².